The van der Waals surface area contributed by atoms with Gasteiger partial charge in [0.15, 0.2) is 5.82 Å². The summed E-state index contributed by atoms with van der Waals surface area (Å²) in [4.78, 5) is 0. The van der Waals surface area contributed by atoms with Gasteiger partial charge in [0.2, 0.25) is 0 Å². The highest BCUT2D eigenvalue weighted by molar-refractivity contribution is 9.10. The van der Waals surface area contributed by atoms with Gasteiger partial charge in [-0.15, -0.1) is 10.2 Å². The molecule has 2 aromatic rings. The van der Waals surface area contributed by atoms with E-state index in [-0.39, 0.29) is 11.7 Å². The van der Waals surface area contributed by atoms with Crippen molar-refractivity contribution in [3.63, 3.8) is 0 Å². The van der Waals surface area contributed by atoms with Crippen molar-refractivity contribution in [2.75, 3.05) is 13.7 Å². The molecule has 20 heavy (non-hydrogen) atoms. The van der Waals surface area contributed by atoms with Crippen molar-refractivity contribution in [1.29, 1.82) is 0 Å². The van der Waals surface area contributed by atoms with E-state index in [9.17, 15) is 8.42 Å². The Kier molecular flexibility index (Phi) is 4.79. The third-order valence-corrected chi connectivity index (χ3v) is 4.41. The molecule has 0 saturated heterocycles. The summed E-state index contributed by atoms with van der Waals surface area (Å²) in [6.07, 6.45) is 0. The Hall–Kier alpha value is -0.960. The average Bonchev–Trinajstić information content (AvgIpc) is 2.80. The van der Waals surface area contributed by atoms with Crippen LogP contribution in [0.5, 0.6) is 0 Å². The van der Waals surface area contributed by atoms with Crippen molar-refractivity contribution in [2.24, 2.45) is 0 Å². The van der Waals surface area contributed by atoms with E-state index in [4.69, 9.17) is 15.4 Å². The number of methoxy groups -OCH3 is 1. The summed E-state index contributed by atoms with van der Waals surface area (Å²) < 4.78 is 30.3. The molecule has 6 nitrogen and oxygen atoms in total. The number of rotatable bonds is 5. The molecule has 108 valence electrons. The van der Waals surface area contributed by atoms with E-state index in [1.54, 1.807) is 0 Å². The lowest BCUT2D eigenvalue weighted by Crippen LogP contribution is -2.11. The number of ether oxygens (including phenoxy) is 1. The molecule has 0 unspecified atom stereocenters. The summed E-state index contributed by atoms with van der Waals surface area (Å²) in [5.74, 6) is 0.411. The molecule has 1 heterocycles. The van der Waals surface area contributed by atoms with Crippen LogP contribution >= 0.6 is 26.6 Å². The van der Waals surface area contributed by atoms with Gasteiger partial charge in [0.05, 0.1) is 13.2 Å². The van der Waals surface area contributed by atoms with Gasteiger partial charge in [0.1, 0.15) is 0 Å². The molecule has 0 N–H and O–H groups in total. The van der Waals surface area contributed by atoms with Crippen molar-refractivity contribution in [2.45, 2.75) is 11.7 Å². The minimum atomic E-state index is -3.97. The first-order valence-corrected chi connectivity index (χ1v) is 8.67. The number of hydrogen-bond donors (Lipinski definition) is 0. The third kappa shape index (κ3) is 3.20. The fourth-order valence-corrected chi connectivity index (χ4v) is 3.08. The van der Waals surface area contributed by atoms with E-state index in [0.717, 1.165) is 10.0 Å². The fraction of sp³-hybridized carbons (Fsp3) is 0.273. The van der Waals surface area contributed by atoms with E-state index in [1.807, 2.05) is 24.3 Å². The van der Waals surface area contributed by atoms with Crippen LogP contribution in [-0.4, -0.2) is 36.9 Å². The van der Waals surface area contributed by atoms with E-state index in [2.05, 4.69) is 26.1 Å². The van der Waals surface area contributed by atoms with Gasteiger partial charge in [-0.1, -0.05) is 34.1 Å². The lowest BCUT2D eigenvalue weighted by Gasteiger charge is -2.09. The molecule has 0 amide bonds. The van der Waals surface area contributed by atoms with E-state index < -0.39 is 9.05 Å². The van der Waals surface area contributed by atoms with Gasteiger partial charge in [-0.3, -0.25) is 4.57 Å². The van der Waals surface area contributed by atoms with Crippen molar-refractivity contribution < 1.29 is 13.2 Å². The number of halogens is 2. The van der Waals surface area contributed by atoms with Crippen molar-refractivity contribution in [3.05, 3.63) is 28.7 Å². The summed E-state index contributed by atoms with van der Waals surface area (Å²) in [6.45, 7) is 0.594. The number of hydrogen-bond acceptors (Lipinski definition) is 5. The van der Waals surface area contributed by atoms with Gasteiger partial charge in [-0.2, -0.15) is 0 Å². The maximum Gasteiger partial charge on any atom is 0.296 e. The normalized spacial score (nSPS) is 11.8. The smallest absolute Gasteiger partial charge is 0.296 e. The Morgan fingerprint density at radius 1 is 1.35 bits per heavy atom. The lowest BCUT2D eigenvalue weighted by atomic mass is 10.2. The van der Waals surface area contributed by atoms with Crippen LogP contribution in [0.1, 0.15) is 0 Å². The van der Waals surface area contributed by atoms with Gasteiger partial charge in [-0.05, 0) is 6.07 Å². The molecule has 9 heteroatoms. The van der Waals surface area contributed by atoms with Crippen LogP contribution in [0, 0.1) is 0 Å². The standard InChI is InChI=1S/C11H11BrClN3O3S/c1-19-7-6-16-10(8-4-2-3-5-9(8)12)14-15-11(16)20(13,17)18/h2-5H,6-7H2,1H3. The minimum Gasteiger partial charge on any atom is -0.383 e. The van der Waals surface area contributed by atoms with Gasteiger partial charge in [0, 0.05) is 27.8 Å². The van der Waals surface area contributed by atoms with Crippen LogP contribution in [0.15, 0.2) is 33.9 Å². The van der Waals surface area contributed by atoms with Crippen LogP contribution in [0.4, 0.5) is 0 Å². The molecule has 0 atom stereocenters. The molecule has 0 bridgehead atoms. The highest BCUT2D eigenvalue weighted by Crippen LogP contribution is 2.28. The first kappa shape index (κ1) is 15.4. The monoisotopic (exact) mass is 379 g/mol. The lowest BCUT2D eigenvalue weighted by molar-refractivity contribution is 0.185. The second-order valence-corrected chi connectivity index (χ2v) is 7.18. The zero-order chi connectivity index (χ0) is 14.8. The first-order chi connectivity index (χ1) is 9.45. The predicted molar refractivity (Wildman–Crippen MR) is 78.1 cm³/mol. The highest BCUT2D eigenvalue weighted by Gasteiger charge is 2.23. The second kappa shape index (κ2) is 6.21. The Balaban J connectivity index is 2.60. The van der Waals surface area contributed by atoms with E-state index in [1.165, 1.54) is 11.7 Å². The summed E-state index contributed by atoms with van der Waals surface area (Å²) in [6, 6.07) is 7.31. The van der Waals surface area contributed by atoms with Crippen LogP contribution in [-0.2, 0) is 20.3 Å². The molecule has 0 fully saturated rings. The summed E-state index contributed by atoms with van der Waals surface area (Å²) >= 11 is 3.40. The maximum absolute atomic E-state index is 11.5. The van der Waals surface area contributed by atoms with E-state index in [0.29, 0.717) is 12.4 Å². The summed E-state index contributed by atoms with van der Waals surface area (Å²) in [5, 5.41) is 7.32. The van der Waals surface area contributed by atoms with Crippen LogP contribution in [0.25, 0.3) is 11.4 Å². The Labute approximate surface area is 129 Å². The average molecular weight is 381 g/mol. The topological polar surface area (TPSA) is 74.1 Å². The predicted octanol–water partition coefficient (Wildman–Crippen LogP) is 2.28. The van der Waals surface area contributed by atoms with Gasteiger partial charge in [0.25, 0.3) is 14.2 Å². The highest BCUT2D eigenvalue weighted by atomic mass is 79.9. The molecule has 0 radical (unpaired) electrons. The first-order valence-electron chi connectivity index (χ1n) is 5.57. The number of nitrogens with zero attached hydrogens (tertiary/aromatic N) is 3. The van der Waals surface area contributed by atoms with Gasteiger partial charge in [-0.25, -0.2) is 8.42 Å². The second-order valence-electron chi connectivity index (χ2n) is 3.87. The zero-order valence-electron chi connectivity index (χ0n) is 10.5. The van der Waals surface area contributed by atoms with Crippen LogP contribution in [0.2, 0.25) is 0 Å². The van der Waals surface area contributed by atoms with Crippen LogP contribution in [0.3, 0.4) is 0 Å². The van der Waals surface area contributed by atoms with Crippen LogP contribution < -0.4 is 0 Å². The molecule has 1 aromatic heterocycles. The quantitative estimate of drug-likeness (QED) is 0.744. The number of aromatic nitrogens is 3. The van der Waals surface area contributed by atoms with Gasteiger partial charge < -0.3 is 4.74 Å². The SMILES string of the molecule is COCCn1c(-c2ccccc2Br)nnc1S(=O)(=O)Cl. The van der Waals surface area contributed by atoms with Crippen molar-refractivity contribution in [1.82, 2.24) is 14.8 Å². The summed E-state index contributed by atoms with van der Waals surface area (Å²) in [7, 11) is 2.93. The minimum absolute atomic E-state index is 0.279. The Morgan fingerprint density at radius 3 is 2.65 bits per heavy atom. The Bertz CT molecular complexity index is 717. The molecule has 0 saturated carbocycles. The largest absolute Gasteiger partial charge is 0.383 e. The van der Waals surface area contributed by atoms with E-state index >= 15 is 0 Å². The third-order valence-electron chi connectivity index (χ3n) is 2.57. The number of benzene rings is 1. The molecular formula is C11H11BrClN3O3S. The van der Waals surface area contributed by atoms with Crippen molar-refractivity contribution >= 4 is 35.7 Å². The molecule has 0 spiro atoms. The molecule has 0 aliphatic heterocycles. The van der Waals surface area contributed by atoms with Crippen molar-refractivity contribution in [3.8, 4) is 11.4 Å². The maximum atomic E-state index is 11.5. The summed E-state index contributed by atoms with van der Waals surface area (Å²) in [5.41, 5.74) is 0.725. The molecule has 2 rings (SSSR count). The molecule has 1 aromatic carbocycles. The zero-order valence-corrected chi connectivity index (χ0v) is 13.6. The molecular weight excluding hydrogens is 370 g/mol. The molecule has 0 aliphatic carbocycles. The van der Waals surface area contributed by atoms with Gasteiger partial charge >= 0.3 is 0 Å². The Morgan fingerprint density at radius 2 is 2.05 bits per heavy atom. The molecule has 0 aliphatic rings. The fourth-order valence-electron chi connectivity index (χ4n) is 1.70.